The predicted octanol–water partition coefficient (Wildman–Crippen LogP) is 31.3. The number of para-hydroxylation sites is 7. The summed E-state index contributed by atoms with van der Waals surface area (Å²) < 4.78 is 8.78. The van der Waals surface area contributed by atoms with Crippen molar-refractivity contribution in [2.24, 2.45) is 0 Å². The van der Waals surface area contributed by atoms with Gasteiger partial charge in [-0.05, 0) is 284 Å². The summed E-state index contributed by atoms with van der Waals surface area (Å²) in [6, 6.07) is 158. The predicted molar refractivity (Wildman–Crippen MR) is 490 cm³/mol. The lowest BCUT2D eigenvalue weighted by Crippen LogP contribution is -2.10. The van der Waals surface area contributed by atoms with Crippen LogP contribution >= 0.6 is 11.3 Å². The molecule has 0 atom stereocenters. The molecule has 20 aromatic rings. The number of fused-ring (bicyclic) bond motifs is 12. The van der Waals surface area contributed by atoms with Gasteiger partial charge in [-0.15, -0.1) is 11.3 Å². The van der Waals surface area contributed by atoms with E-state index in [1.807, 2.05) is 23.5 Å². The molecule has 2 aliphatic carbocycles. The molecule has 18 aromatic carbocycles. The third-order valence-corrected chi connectivity index (χ3v) is 24.0. The van der Waals surface area contributed by atoms with Crippen molar-refractivity contribution in [2.75, 3.05) is 19.6 Å². The molecular weight excluding hydrogens is 1430 g/mol. The maximum atomic E-state index is 6.25. The third-order valence-electron chi connectivity index (χ3n) is 22.8. The molecule has 0 amide bonds. The van der Waals surface area contributed by atoms with Crippen LogP contribution < -0.4 is 19.6 Å². The second-order valence-corrected chi connectivity index (χ2v) is 31.0. The Hall–Kier alpha value is -14.8. The standard InChI is InChI=1S/C56H40N2.C54H36N2OS/c1-5-15-39(16-6-1)44-34-45(36-52(35-44)57(47-18-7-2-8-19-47)48-20-9-3-10-21-48)40-27-30-54-46(31-40)33-43-26-29-51(38-56(43)54)58(49-22-11-4-12-23-49)50-28-25-42-32-41-17-13-14-24-53(41)55(42)37-50;1-5-15-37(16-6-1)39-31-40(33-46(32-39)56(43-21-11-4-12-22-43)44-26-29-52-49(35-44)47-23-13-14-24-51(47)57-52)38-25-28-48-50-36-45(27-30-53(50)58-54(48)34-38)55(41-17-7-2-8-18-41)42-19-9-3-10-20-42/h1-31,34-38H,32-33H2;1-36H. The molecule has 548 valence electrons. The summed E-state index contributed by atoms with van der Waals surface area (Å²) in [6.45, 7) is 0. The van der Waals surface area contributed by atoms with Gasteiger partial charge in [-0.25, -0.2) is 0 Å². The monoisotopic (exact) mass is 1500 g/mol. The first-order valence-electron chi connectivity index (χ1n) is 39.7. The fraction of sp³-hybridized carbons (Fsp3) is 0.0182. The van der Waals surface area contributed by atoms with E-state index in [9.17, 15) is 0 Å². The molecule has 0 unspecified atom stereocenters. The zero-order valence-corrected chi connectivity index (χ0v) is 64.4. The number of nitrogens with zero attached hydrogens (tertiary/aromatic N) is 4. The van der Waals surface area contributed by atoms with Gasteiger partial charge in [0.25, 0.3) is 0 Å². The summed E-state index contributed by atoms with van der Waals surface area (Å²) in [4.78, 5) is 9.47. The molecule has 0 saturated carbocycles. The van der Waals surface area contributed by atoms with Gasteiger partial charge in [0.2, 0.25) is 0 Å². The van der Waals surface area contributed by atoms with Gasteiger partial charge >= 0.3 is 0 Å². The first-order chi connectivity index (χ1) is 57.5. The lowest BCUT2D eigenvalue weighted by molar-refractivity contribution is 0.669. The number of furan rings is 1. The van der Waals surface area contributed by atoms with Crippen LogP contribution in [0.5, 0.6) is 0 Å². The van der Waals surface area contributed by atoms with E-state index in [1.165, 1.54) is 104 Å². The summed E-state index contributed by atoms with van der Waals surface area (Å²) in [5.74, 6) is 0. The van der Waals surface area contributed by atoms with E-state index >= 15 is 0 Å². The minimum atomic E-state index is 0.883. The average Bonchev–Trinajstić information content (AvgIpc) is 1.55. The van der Waals surface area contributed by atoms with Crippen LogP contribution in [0, 0.1) is 0 Å². The Morgan fingerprint density at radius 1 is 0.172 bits per heavy atom. The van der Waals surface area contributed by atoms with E-state index in [2.05, 4.69) is 444 Å². The van der Waals surface area contributed by atoms with E-state index in [1.54, 1.807) is 0 Å². The van der Waals surface area contributed by atoms with Crippen molar-refractivity contribution in [1.82, 2.24) is 0 Å². The van der Waals surface area contributed by atoms with E-state index in [-0.39, 0.29) is 0 Å². The van der Waals surface area contributed by atoms with Crippen molar-refractivity contribution >= 4 is 122 Å². The number of thiophene rings is 1. The maximum absolute atomic E-state index is 6.25. The summed E-state index contributed by atoms with van der Waals surface area (Å²) in [7, 11) is 0. The Bertz CT molecular complexity index is 6930. The number of hydrogen-bond acceptors (Lipinski definition) is 6. The van der Waals surface area contributed by atoms with Gasteiger partial charge in [0, 0.05) is 99.2 Å². The van der Waals surface area contributed by atoms with Gasteiger partial charge in [0.05, 0.1) is 0 Å². The Balaban J connectivity index is 0.000000145. The van der Waals surface area contributed by atoms with Crippen LogP contribution in [-0.2, 0) is 12.8 Å². The van der Waals surface area contributed by atoms with E-state index in [4.69, 9.17) is 4.42 Å². The largest absolute Gasteiger partial charge is 0.456 e. The number of anilines is 12. The molecule has 116 heavy (non-hydrogen) atoms. The maximum Gasteiger partial charge on any atom is 0.135 e. The molecule has 0 aliphatic heterocycles. The molecular formula is C110H76N4OS. The molecule has 2 heterocycles. The van der Waals surface area contributed by atoms with E-state index < -0.39 is 0 Å². The first-order valence-corrected chi connectivity index (χ1v) is 40.6. The fourth-order valence-corrected chi connectivity index (χ4v) is 18.5. The third kappa shape index (κ3) is 13.2. The van der Waals surface area contributed by atoms with Crippen LogP contribution in [0.2, 0.25) is 0 Å². The van der Waals surface area contributed by atoms with Crippen LogP contribution in [0.3, 0.4) is 0 Å². The van der Waals surface area contributed by atoms with Gasteiger partial charge < -0.3 is 24.0 Å². The normalized spacial score (nSPS) is 11.7. The highest BCUT2D eigenvalue weighted by molar-refractivity contribution is 7.25. The summed E-state index contributed by atoms with van der Waals surface area (Å²) in [5.41, 5.74) is 35.6. The summed E-state index contributed by atoms with van der Waals surface area (Å²) in [6.07, 6.45) is 1.90. The topological polar surface area (TPSA) is 26.1 Å². The highest BCUT2D eigenvalue weighted by Gasteiger charge is 2.27. The number of hydrogen-bond donors (Lipinski definition) is 0. The second kappa shape index (κ2) is 30.0. The molecule has 6 heteroatoms. The highest BCUT2D eigenvalue weighted by atomic mass is 32.1. The van der Waals surface area contributed by atoms with Crippen molar-refractivity contribution in [3.63, 3.8) is 0 Å². The Morgan fingerprint density at radius 3 is 1.06 bits per heavy atom. The molecule has 2 aliphatic rings. The Kier molecular flexibility index (Phi) is 17.9. The molecule has 22 rings (SSSR count). The summed E-state index contributed by atoms with van der Waals surface area (Å²) in [5, 5.41) is 4.74. The SMILES string of the molecule is c1ccc(-c2cc(-c3ccc4c(c3)Cc3ccc(N(c5ccccc5)c5ccc6c(c5)-c5ccccc5C6)cc3-4)cc(N(c3ccccc3)c3ccccc3)c2)cc1.c1ccc(-c2cc(-c3ccc4c(c3)sc3ccc(N(c5ccccc5)c5ccccc5)cc34)cc(N(c3ccccc3)c3ccc4oc5ccccc5c4c3)c2)cc1. The molecule has 0 spiro atoms. The Morgan fingerprint density at radius 2 is 0.534 bits per heavy atom. The van der Waals surface area contributed by atoms with Crippen LogP contribution in [0.4, 0.5) is 68.2 Å². The molecule has 0 saturated heterocycles. The summed E-state index contributed by atoms with van der Waals surface area (Å²) >= 11 is 1.85. The molecule has 0 N–H and O–H groups in total. The number of rotatable bonds is 16. The van der Waals surface area contributed by atoms with Gasteiger partial charge in [0.15, 0.2) is 0 Å². The van der Waals surface area contributed by atoms with Crippen LogP contribution in [-0.4, -0.2) is 0 Å². The second-order valence-electron chi connectivity index (χ2n) is 30.0. The molecule has 0 fully saturated rings. The lowest BCUT2D eigenvalue weighted by Gasteiger charge is -2.27. The quantitative estimate of drug-likeness (QED) is 0.0961. The molecule has 5 nitrogen and oxygen atoms in total. The molecule has 2 aromatic heterocycles. The van der Waals surface area contributed by atoms with Crippen molar-refractivity contribution < 1.29 is 4.42 Å². The number of benzene rings is 18. The van der Waals surface area contributed by atoms with Gasteiger partial charge in [-0.1, -0.05) is 255 Å². The van der Waals surface area contributed by atoms with Crippen molar-refractivity contribution in [3.05, 3.63) is 459 Å². The zero-order valence-electron chi connectivity index (χ0n) is 63.6. The van der Waals surface area contributed by atoms with Gasteiger partial charge in [-0.3, -0.25) is 0 Å². The average molecular weight is 1500 g/mol. The van der Waals surface area contributed by atoms with E-state index in [0.717, 1.165) is 108 Å². The van der Waals surface area contributed by atoms with Crippen LogP contribution in [0.25, 0.3) is 109 Å². The fourth-order valence-electron chi connectivity index (χ4n) is 17.3. The zero-order chi connectivity index (χ0) is 76.8. The first kappa shape index (κ1) is 69.2. The Labute approximate surface area is 679 Å². The van der Waals surface area contributed by atoms with Crippen LogP contribution in [0.1, 0.15) is 22.3 Å². The van der Waals surface area contributed by atoms with Crippen molar-refractivity contribution in [1.29, 1.82) is 0 Å². The lowest BCUT2D eigenvalue weighted by atomic mass is 9.95. The van der Waals surface area contributed by atoms with Crippen molar-refractivity contribution in [3.8, 4) is 66.8 Å². The minimum absolute atomic E-state index is 0.883. The minimum Gasteiger partial charge on any atom is -0.456 e. The molecule has 0 radical (unpaired) electrons. The van der Waals surface area contributed by atoms with Crippen molar-refractivity contribution in [2.45, 2.75) is 12.8 Å². The highest BCUT2D eigenvalue weighted by Crippen LogP contribution is 2.50. The van der Waals surface area contributed by atoms with Gasteiger partial charge in [-0.2, -0.15) is 0 Å². The van der Waals surface area contributed by atoms with Crippen LogP contribution in [0.15, 0.2) is 441 Å². The van der Waals surface area contributed by atoms with Gasteiger partial charge in [0.1, 0.15) is 11.2 Å². The smallest absolute Gasteiger partial charge is 0.135 e. The van der Waals surface area contributed by atoms with E-state index in [0.29, 0.717) is 0 Å². The molecule has 0 bridgehead atoms.